The third-order valence-corrected chi connectivity index (χ3v) is 7.41. The van der Waals surface area contributed by atoms with Crippen LogP contribution in [0, 0.1) is 0 Å². The Morgan fingerprint density at radius 2 is 1.86 bits per heavy atom. The van der Waals surface area contributed by atoms with Gasteiger partial charge in [0.2, 0.25) is 5.91 Å². The number of rotatable bonds is 8. The molecule has 0 bridgehead atoms. The van der Waals surface area contributed by atoms with Gasteiger partial charge in [-0.3, -0.25) is 4.79 Å². The first-order valence-electron chi connectivity index (χ1n) is 12.9. The molecule has 6 nitrogen and oxygen atoms in total. The van der Waals surface area contributed by atoms with Crippen LogP contribution in [0.15, 0.2) is 66.7 Å². The van der Waals surface area contributed by atoms with E-state index in [4.69, 9.17) is 21.3 Å². The van der Waals surface area contributed by atoms with E-state index < -0.39 is 0 Å². The molecule has 0 atom stereocenters. The average Bonchev–Trinajstić information content (AvgIpc) is 3.27. The number of carbonyl (C=O) groups is 1. The van der Waals surface area contributed by atoms with Crippen molar-refractivity contribution in [3.05, 3.63) is 77.3 Å². The summed E-state index contributed by atoms with van der Waals surface area (Å²) < 4.78 is 7.93. The fraction of sp³-hybridized carbons (Fsp3) is 0.333. The first-order chi connectivity index (χ1) is 18.0. The standard InChI is InChI=1S/C30H33ClN4O2/c1-21(36)32-25-8-5-7-23(19-25)22-13-17-34(18-14-22)15-6-16-35-28-10-4-3-9-27(28)33-30(35)26-20-24(31)11-12-29(26)37-2/h3-5,7-12,19-20,22H,6,13-18H2,1-2H3,(H,32,36). The average molecular weight is 517 g/mol. The van der Waals surface area contributed by atoms with Gasteiger partial charge in [0.25, 0.3) is 0 Å². The molecule has 0 aliphatic carbocycles. The number of fused-ring (bicyclic) bond motifs is 1. The second-order valence-corrected chi connectivity index (χ2v) is 10.1. The van der Waals surface area contributed by atoms with Crippen LogP contribution in [0.4, 0.5) is 5.69 Å². The zero-order valence-corrected chi connectivity index (χ0v) is 22.2. The summed E-state index contributed by atoms with van der Waals surface area (Å²) in [5.74, 6) is 2.16. The highest BCUT2D eigenvalue weighted by Crippen LogP contribution is 2.34. The van der Waals surface area contributed by atoms with Gasteiger partial charge >= 0.3 is 0 Å². The molecule has 37 heavy (non-hydrogen) atoms. The number of ether oxygens (including phenoxy) is 1. The lowest BCUT2D eigenvalue weighted by Crippen LogP contribution is -2.34. The number of anilines is 1. The number of hydrogen-bond acceptors (Lipinski definition) is 4. The van der Waals surface area contributed by atoms with Crippen molar-refractivity contribution in [3.8, 4) is 17.1 Å². The van der Waals surface area contributed by atoms with Gasteiger partial charge in [0.15, 0.2) is 0 Å². The van der Waals surface area contributed by atoms with Crippen molar-refractivity contribution in [1.29, 1.82) is 0 Å². The summed E-state index contributed by atoms with van der Waals surface area (Å²) in [6.45, 7) is 5.61. The molecule has 1 aliphatic rings. The molecule has 0 spiro atoms. The van der Waals surface area contributed by atoms with Crippen molar-refractivity contribution in [3.63, 3.8) is 0 Å². The van der Waals surface area contributed by atoms with Gasteiger partial charge in [0.05, 0.1) is 23.7 Å². The number of likely N-dealkylation sites (tertiary alicyclic amines) is 1. The molecule has 4 aromatic rings. The zero-order chi connectivity index (χ0) is 25.8. The first-order valence-corrected chi connectivity index (χ1v) is 13.3. The number of amides is 1. The molecule has 5 rings (SSSR count). The van der Waals surface area contributed by atoms with Crippen molar-refractivity contribution < 1.29 is 9.53 Å². The Morgan fingerprint density at radius 1 is 1.05 bits per heavy atom. The van der Waals surface area contributed by atoms with Crippen molar-refractivity contribution >= 4 is 34.2 Å². The number of nitrogens with zero attached hydrogens (tertiary/aromatic N) is 3. The molecular weight excluding hydrogens is 484 g/mol. The normalized spacial score (nSPS) is 14.7. The number of piperidine rings is 1. The third kappa shape index (κ3) is 5.81. The Balaban J connectivity index is 1.25. The molecule has 192 valence electrons. The summed E-state index contributed by atoms with van der Waals surface area (Å²) in [5.41, 5.74) is 5.20. The summed E-state index contributed by atoms with van der Waals surface area (Å²) in [6.07, 6.45) is 3.28. The number of para-hydroxylation sites is 2. The number of imidazole rings is 1. The minimum absolute atomic E-state index is 0.0328. The molecule has 0 unspecified atom stereocenters. The van der Waals surface area contributed by atoms with Crippen LogP contribution in [0.3, 0.4) is 0 Å². The Bertz CT molecular complexity index is 1390. The number of aromatic nitrogens is 2. The van der Waals surface area contributed by atoms with Crippen LogP contribution >= 0.6 is 11.6 Å². The Labute approximate surface area is 223 Å². The van der Waals surface area contributed by atoms with Crippen LogP contribution in [-0.2, 0) is 11.3 Å². The van der Waals surface area contributed by atoms with Crippen LogP contribution in [-0.4, -0.2) is 47.1 Å². The van der Waals surface area contributed by atoms with E-state index in [-0.39, 0.29) is 5.91 Å². The molecule has 1 amide bonds. The van der Waals surface area contributed by atoms with E-state index >= 15 is 0 Å². The maximum absolute atomic E-state index is 11.4. The summed E-state index contributed by atoms with van der Waals surface area (Å²) >= 11 is 6.35. The van der Waals surface area contributed by atoms with Gasteiger partial charge in [-0.2, -0.15) is 0 Å². The number of hydrogen-bond donors (Lipinski definition) is 1. The predicted octanol–water partition coefficient (Wildman–Crippen LogP) is 6.59. The maximum atomic E-state index is 11.4. The van der Waals surface area contributed by atoms with Gasteiger partial charge in [-0.05, 0) is 92.8 Å². The Kier molecular flexibility index (Phi) is 7.77. The maximum Gasteiger partial charge on any atom is 0.221 e. The minimum Gasteiger partial charge on any atom is -0.496 e. The van der Waals surface area contributed by atoms with Gasteiger partial charge < -0.3 is 19.5 Å². The molecule has 0 saturated carbocycles. The van der Waals surface area contributed by atoms with E-state index in [0.717, 1.165) is 79.3 Å². The Hall–Kier alpha value is -3.35. The number of nitrogens with one attached hydrogen (secondary N) is 1. The fourth-order valence-corrected chi connectivity index (χ4v) is 5.55. The lowest BCUT2D eigenvalue weighted by atomic mass is 9.89. The summed E-state index contributed by atoms with van der Waals surface area (Å²) in [6, 6.07) is 22.2. The molecular formula is C30H33ClN4O2. The molecule has 1 aliphatic heterocycles. The zero-order valence-electron chi connectivity index (χ0n) is 21.4. The highest BCUT2D eigenvalue weighted by atomic mass is 35.5. The number of benzene rings is 3. The van der Waals surface area contributed by atoms with Gasteiger partial charge in [-0.15, -0.1) is 0 Å². The van der Waals surface area contributed by atoms with Crippen LogP contribution in [0.1, 0.15) is 37.7 Å². The van der Waals surface area contributed by atoms with E-state index in [9.17, 15) is 4.79 Å². The third-order valence-electron chi connectivity index (χ3n) is 7.18. The number of halogens is 1. The lowest BCUT2D eigenvalue weighted by molar-refractivity contribution is -0.114. The minimum atomic E-state index is -0.0328. The van der Waals surface area contributed by atoms with Crippen molar-refractivity contribution in [2.75, 3.05) is 32.1 Å². The molecule has 1 fully saturated rings. The Morgan fingerprint density at radius 3 is 2.65 bits per heavy atom. The molecule has 1 N–H and O–H groups in total. The van der Waals surface area contributed by atoms with E-state index in [1.807, 2.05) is 36.4 Å². The van der Waals surface area contributed by atoms with Gasteiger partial charge in [0.1, 0.15) is 11.6 Å². The highest BCUT2D eigenvalue weighted by Gasteiger charge is 2.21. The van der Waals surface area contributed by atoms with Crippen LogP contribution in [0.2, 0.25) is 5.02 Å². The molecule has 1 saturated heterocycles. The second kappa shape index (κ2) is 11.4. The molecule has 7 heteroatoms. The van der Waals surface area contributed by atoms with Crippen molar-refractivity contribution in [2.24, 2.45) is 0 Å². The number of methoxy groups -OCH3 is 1. The van der Waals surface area contributed by atoms with E-state index in [1.54, 1.807) is 14.0 Å². The summed E-state index contributed by atoms with van der Waals surface area (Å²) in [5, 5.41) is 3.57. The van der Waals surface area contributed by atoms with Crippen molar-refractivity contribution in [2.45, 2.75) is 38.6 Å². The van der Waals surface area contributed by atoms with Gasteiger partial charge in [-0.1, -0.05) is 35.9 Å². The molecule has 3 aromatic carbocycles. The number of carbonyl (C=O) groups excluding carboxylic acids is 1. The smallest absolute Gasteiger partial charge is 0.221 e. The van der Waals surface area contributed by atoms with Crippen LogP contribution in [0.5, 0.6) is 5.75 Å². The van der Waals surface area contributed by atoms with Crippen LogP contribution in [0.25, 0.3) is 22.4 Å². The van der Waals surface area contributed by atoms with Gasteiger partial charge in [0, 0.05) is 24.2 Å². The van der Waals surface area contributed by atoms with E-state index in [2.05, 4.69) is 45.1 Å². The fourth-order valence-electron chi connectivity index (χ4n) is 5.38. The first kappa shape index (κ1) is 25.3. The molecule has 2 heterocycles. The predicted molar refractivity (Wildman–Crippen MR) is 151 cm³/mol. The summed E-state index contributed by atoms with van der Waals surface area (Å²) in [4.78, 5) is 18.9. The van der Waals surface area contributed by atoms with Crippen molar-refractivity contribution in [1.82, 2.24) is 14.5 Å². The molecule has 0 radical (unpaired) electrons. The topological polar surface area (TPSA) is 59.4 Å². The SMILES string of the molecule is COc1ccc(Cl)cc1-c1nc2ccccc2n1CCCN1CCC(c2cccc(NC(C)=O)c2)CC1. The monoisotopic (exact) mass is 516 g/mol. The summed E-state index contributed by atoms with van der Waals surface area (Å²) in [7, 11) is 1.68. The lowest BCUT2D eigenvalue weighted by Gasteiger charge is -2.32. The van der Waals surface area contributed by atoms with E-state index in [0.29, 0.717) is 10.9 Å². The van der Waals surface area contributed by atoms with E-state index in [1.165, 1.54) is 5.56 Å². The highest BCUT2D eigenvalue weighted by molar-refractivity contribution is 6.31. The quantitative estimate of drug-likeness (QED) is 0.287. The van der Waals surface area contributed by atoms with Crippen LogP contribution < -0.4 is 10.1 Å². The van der Waals surface area contributed by atoms with Gasteiger partial charge in [-0.25, -0.2) is 4.98 Å². The second-order valence-electron chi connectivity index (χ2n) is 9.70. The largest absolute Gasteiger partial charge is 0.496 e. The number of aryl methyl sites for hydroxylation is 1. The molecule has 1 aromatic heterocycles.